The fraction of sp³-hybridized carbons (Fsp3) is 1.00. The van der Waals surface area contributed by atoms with Gasteiger partial charge >= 0.3 is 0 Å². The lowest BCUT2D eigenvalue weighted by atomic mass is 9.51. The van der Waals surface area contributed by atoms with Crippen molar-refractivity contribution in [1.29, 1.82) is 0 Å². The van der Waals surface area contributed by atoms with E-state index in [1.807, 2.05) is 0 Å². The van der Waals surface area contributed by atoms with Crippen LogP contribution < -0.4 is 0 Å². The Labute approximate surface area is 84.1 Å². The molecule has 0 saturated heterocycles. The van der Waals surface area contributed by atoms with Gasteiger partial charge in [-0.25, -0.2) is 0 Å². The summed E-state index contributed by atoms with van der Waals surface area (Å²) in [5.41, 5.74) is 1.64. The minimum atomic E-state index is 0.494. The molecule has 1 rings (SSSR count). The maximum atomic E-state index is 2.41. The third kappa shape index (κ3) is 2.27. The van der Waals surface area contributed by atoms with Crippen molar-refractivity contribution >= 4 is 0 Å². The van der Waals surface area contributed by atoms with Crippen LogP contribution in [0.5, 0.6) is 0 Å². The van der Waals surface area contributed by atoms with Gasteiger partial charge in [0.2, 0.25) is 0 Å². The molecule has 1 saturated carbocycles. The van der Waals surface area contributed by atoms with Gasteiger partial charge in [0.1, 0.15) is 0 Å². The molecule has 0 bridgehead atoms. The Balaban J connectivity index is 2.72. The lowest BCUT2D eigenvalue weighted by molar-refractivity contribution is -0.0396. The third-order valence-corrected chi connectivity index (χ3v) is 3.77. The van der Waals surface area contributed by atoms with Crippen LogP contribution in [0.3, 0.4) is 0 Å². The van der Waals surface area contributed by atoms with Crippen LogP contribution in [0.2, 0.25) is 0 Å². The van der Waals surface area contributed by atoms with Crippen molar-refractivity contribution in [3.63, 3.8) is 0 Å². The third-order valence-electron chi connectivity index (χ3n) is 3.77. The van der Waals surface area contributed by atoms with Crippen molar-refractivity contribution in [1.82, 2.24) is 0 Å². The summed E-state index contributed by atoms with van der Waals surface area (Å²) in [4.78, 5) is 0. The number of hydrogen-bond acceptors (Lipinski definition) is 0. The van der Waals surface area contributed by atoms with Crippen LogP contribution in [-0.2, 0) is 0 Å². The molecule has 78 valence electrons. The molecule has 0 heteroatoms. The van der Waals surface area contributed by atoms with Crippen molar-refractivity contribution in [2.24, 2.45) is 16.2 Å². The zero-order valence-electron chi connectivity index (χ0n) is 10.3. The van der Waals surface area contributed by atoms with Gasteiger partial charge in [-0.15, -0.1) is 0 Å². The van der Waals surface area contributed by atoms with Gasteiger partial charge in [0, 0.05) is 0 Å². The van der Waals surface area contributed by atoms with E-state index in [0.29, 0.717) is 16.2 Å². The molecule has 1 aliphatic carbocycles. The summed E-state index contributed by atoms with van der Waals surface area (Å²) >= 11 is 0. The predicted octanol–water partition coefficient (Wildman–Crippen LogP) is 4.64. The molecule has 1 aliphatic rings. The van der Waals surface area contributed by atoms with Gasteiger partial charge in [0.05, 0.1) is 0 Å². The minimum absolute atomic E-state index is 0.494. The second-order valence-electron chi connectivity index (χ2n) is 7.12. The summed E-state index contributed by atoms with van der Waals surface area (Å²) in [5.74, 6) is 0. The highest BCUT2D eigenvalue weighted by Crippen LogP contribution is 2.58. The highest BCUT2D eigenvalue weighted by atomic mass is 14.5. The molecule has 0 heterocycles. The molecule has 0 nitrogen and oxygen atoms in total. The van der Waals surface area contributed by atoms with Gasteiger partial charge < -0.3 is 0 Å². The van der Waals surface area contributed by atoms with E-state index in [-0.39, 0.29) is 0 Å². The predicted molar refractivity (Wildman–Crippen MR) is 59.8 cm³/mol. The van der Waals surface area contributed by atoms with Gasteiger partial charge in [-0.3, -0.25) is 0 Å². The molecule has 0 aromatic carbocycles. The molecular weight excluding hydrogens is 156 g/mol. The fourth-order valence-electron chi connectivity index (χ4n) is 2.81. The average Bonchev–Trinajstić information content (AvgIpc) is 1.73. The summed E-state index contributed by atoms with van der Waals surface area (Å²) in [6.07, 6.45) is 5.75. The van der Waals surface area contributed by atoms with E-state index in [4.69, 9.17) is 0 Å². The first kappa shape index (κ1) is 11.1. The second kappa shape index (κ2) is 3.00. The summed E-state index contributed by atoms with van der Waals surface area (Å²) < 4.78 is 0. The Kier molecular flexibility index (Phi) is 2.56. The first-order valence-electron chi connectivity index (χ1n) is 5.66. The SMILES string of the molecule is CC(C)(C)CC1(C(C)(C)C)CCC1. The van der Waals surface area contributed by atoms with Crippen LogP contribution in [0.1, 0.15) is 67.2 Å². The van der Waals surface area contributed by atoms with Gasteiger partial charge in [0.25, 0.3) is 0 Å². The largest absolute Gasteiger partial charge is 0.0602 e. The lowest BCUT2D eigenvalue weighted by Crippen LogP contribution is -2.44. The average molecular weight is 182 g/mol. The van der Waals surface area contributed by atoms with E-state index in [0.717, 1.165) is 0 Å². The smallest absolute Gasteiger partial charge is 0.0244 e. The number of rotatable bonds is 1. The molecule has 0 aromatic heterocycles. The Morgan fingerprint density at radius 3 is 1.46 bits per heavy atom. The van der Waals surface area contributed by atoms with Crippen LogP contribution >= 0.6 is 0 Å². The molecule has 0 atom stereocenters. The molecule has 0 amide bonds. The quantitative estimate of drug-likeness (QED) is 0.554. The van der Waals surface area contributed by atoms with Gasteiger partial charge in [-0.05, 0) is 35.5 Å². The van der Waals surface area contributed by atoms with E-state index in [9.17, 15) is 0 Å². The van der Waals surface area contributed by atoms with Gasteiger partial charge in [-0.1, -0.05) is 48.0 Å². The maximum absolute atomic E-state index is 2.41. The highest BCUT2D eigenvalue weighted by Gasteiger charge is 2.48. The van der Waals surface area contributed by atoms with Crippen LogP contribution in [0.4, 0.5) is 0 Å². The molecule has 1 fully saturated rings. The zero-order valence-corrected chi connectivity index (χ0v) is 10.3. The van der Waals surface area contributed by atoms with E-state index in [1.165, 1.54) is 25.7 Å². The Hall–Kier alpha value is 0. The van der Waals surface area contributed by atoms with Crippen molar-refractivity contribution in [2.75, 3.05) is 0 Å². The van der Waals surface area contributed by atoms with Gasteiger partial charge in [0.15, 0.2) is 0 Å². The maximum Gasteiger partial charge on any atom is -0.0244 e. The van der Waals surface area contributed by atoms with Crippen LogP contribution in [0, 0.1) is 16.2 Å². The summed E-state index contributed by atoms with van der Waals surface area (Å²) in [6.45, 7) is 14.4. The Morgan fingerprint density at radius 1 is 0.923 bits per heavy atom. The lowest BCUT2D eigenvalue weighted by Gasteiger charge is -2.54. The van der Waals surface area contributed by atoms with Crippen LogP contribution in [0.15, 0.2) is 0 Å². The van der Waals surface area contributed by atoms with E-state index < -0.39 is 0 Å². The first-order valence-corrected chi connectivity index (χ1v) is 5.66. The minimum Gasteiger partial charge on any atom is -0.0602 e. The van der Waals surface area contributed by atoms with E-state index in [1.54, 1.807) is 0 Å². The van der Waals surface area contributed by atoms with E-state index in [2.05, 4.69) is 41.5 Å². The Morgan fingerprint density at radius 2 is 1.38 bits per heavy atom. The molecule has 0 aliphatic heterocycles. The van der Waals surface area contributed by atoms with Crippen molar-refractivity contribution < 1.29 is 0 Å². The molecule has 0 spiro atoms. The van der Waals surface area contributed by atoms with Crippen molar-refractivity contribution in [3.05, 3.63) is 0 Å². The standard InChI is InChI=1S/C13H26/c1-11(2,3)10-13(8-7-9-13)12(4,5)6/h7-10H2,1-6H3. The Bertz CT molecular complexity index is 171. The topological polar surface area (TPSA) is 0 Å². The van der Waals surface area contributed by atoms with Gasteiger partial charge in [-0.2, -0.15) is 0 Å². The van der Waals surface area contributed by atoms with Crippen molar-refractivity contribution in [3.8, 4) is 0 Å². The van der Waals surface area contributed by atoms with Crippen molar-refractivity contribution in [2.45, 2.75) is 67.2 Å². The van der Waals surface area contributed by atoms with Crippen LogP contribution in [-0.4, -0.2) is 0 Å². The summed E-state index contributed by atoms with van der Waals surface area (Å²) in [7, 11) is 0. The highest BCUT2D eigenvalue weighted by molar-refractivity contribution is 4.98. The molecule has 13 heavy (non-hydrogen) atoms. The number of hydrogen-bond donors (Lipinski definition) is 0. The van der Waals surface area contributed by atoms with E-state index >= 15 is 0 Å². The molecule has 0 unspecified atom stereocenters. The molecular formula is C13H26. The first-order chi connectivity index (χ1) is 5.66. The van der Waals surface area contributed by atoms with Crippen LogP contribution in [0.25, 0.3) is 0 Å². The molecule has 0 aromatic rings. The summed E-state index contributed by atoms with van der Waals surface area (Å²) in [6, 6.07) is 0. The second-order valence-corrected chi connectivity index (χ2v) is 7.12. The molecule has 0 N–H and O–H groups in total. The monoisotopic (exact) mass is 182 g/mol. The normalized spacial score (nSPS) is 22.6. The fourth-order valence-corrected chi connectivity index (χ4v) is 2.81. The summed E-state index contributed by atoms with van der Waals surface area (Å²) in [5, 5.41) is 0. The molecule has 0 radical (unpaired) electrons. The zero-order chi connectivity index (χ0) is 10.3.